The maximum absolute atomic E-state index is 13.6. The van der Waals surface area contributed by atoms with Gasteiger partial charge < -0.3 is 14.8 Å². The molecule has 3 amide bonds. The second-order valence-electron chi connectivity index (χ2n) is 6.72. The van der Waals surface area contributed by atoms with Gasteiger partial charge in [-0.3, -0.25) is 10.1 Å². The Labute approximate surface area is 163 Å². The molecule has 0 bridgehead atoms. The highest BCUT2D eigenvalue weighted by molar-refractivity contribution is 5.96. The van der Waals surface area contributed by atoms with Gasteiger partial charge in [0.2, 0.25) is 0 Å². The van der Waals surface area contributed by atoms with E-state index in [1.54, 1.807) is 6.07 Å². The first-order valence-electron chi connectivity index (χ1n) is 9.17. The summed E-state index contributed by atoms with van der Waals surface area (Å²) >= 11 is 0. The lowest BCUT2D eigenvalue weighted by atomic mass is 9.86. The fourth-order valence-electron chi connectivity index (χ4n) is 3.03. The van der Waals surface area contributed by atoms with Crippen LogP contribution in [0.25, 0.3) is 6.08 Å². The molecule has 7 nitrogen and oxygen atoms in total. The van der Waals surface area contributed by atoms with Gasteiger partial charge >= 0.3 is 12.0 Å². The van der Waals surface area contributed by atoms with Gasteiger partial charge in [0.15, 0.2) is 18.2 Å². The molecule has 0 heterocycles. The number of carbonyl (C=O) groups is 3. The lowest BCUT2D eigenvalue weighted by Crippen LogP contribution is -2.48. The minimum atomic E-state index is -0.785. The SMILES string of the molecule is COc1ccc(/C=C/C(=O)OCC(=O)NC(=O)N[C@H]2CCCC[C@H]2C)cc1F. The zero-order valence-corrected chi connectivity index (χ0v) is 16.0. The molecule has 0 saturated heterocycles. The number of methoxy groups -OCH3 is 1. The van der Waals surface area contributed by atoms with Crippen LogP contribution in [0.4, 0.5) is 9.18 Å². The molecule has 8 heteroatoms. The van der Waals surface area contributed by atoms with E-state index in [0.29, 0.717) is 11.5 Å². The fourth-order valence-corrected chi connectivity index (χ4v) is 3.03. The summed E-state index contributed by atoms with van der Waals surface area (Å²) < 4.78 is 23.2. The first-order chi connectivity index (χ1) is 13.4. The summed E-state index contributed by atoms with van der Waals surface area (Å²) in [7, 11) is 1.35. The van der Waals surface area contributed by atoms with Crippen molar-refractivity contribution < 1.29 is 28.2 Å². The third-order valence-electron chi connectivity index (χ3n) is 4.61. The average Bonchev–Trinajstić information content (AvgIpc) is 2.66. The molecule has 2 atom stereocenters. The number of rotatable bonds is 6. The van der Waals surface area contributed by atoms with Crippen molar-refractivity contribution in [2.45, 2.75) is 38.6 Å². The topological polar surface area (TPSA) is 93.7 Å². The summed E-state index contributed by atoms with van der Waals surface area (Å²) in [5.41, 5.74) is 0.431. The molecule has 0 radical (unpaired) electrons. The van der Waals surface area contributed by atoms with E-state index in [1.807, 2.05) is 0 Å². The molecule has 1 aliphatic carbocycles. The normalized spacial score (nSPS) is 19.1. The third kappa shape index (κ3) is 6.68. The van der Waals surface area contributed by atoms with Crippen LogP contribution in [-0.2, 0) is 14.3 Å². The molecule has 1 fully saturated rings. The number of nitrogens with one attached hydrogen (secondary N) is 2. The molecule has 152 valence electrons. The predicted octanol–water partition coefficient (Wildman–Crippen LogP) is 2.80. The summed E-state index contributed by atoms with van der Waals surface area (Å²) in [6, 6.07) is 3.64. The number of benzene rings is 1. The molecule has 2 rings (SSSR count). The summed E-state index contributed by atoms with van der Waals surface area (Å²) in [5, 5.41) is 4.92. The van der Waals surface area contributed by atoms with Gasteiger partial charge in [0.05, 0.1) is 7.11 Å². The van der Waals surface area contributed by atoms with Gasteiger partial charge in [-0.05, 0) is 42.5 Å². The molecule has 1 aromatic carbocycles. The number of carbonyl (C=O) groups excluding carboxylic acids is 3. The van der Waals surface area contributed by atoms with Crippen LogP contribution in [0.1, 0.15) is 38.2 Å². The van der Waals surface area contributed by atoms with Crippen molar-refractivity contribution >= 4 is 24.0 Å². The van der Waals surface area contributed by atoms with Crippen LogP contribution in [0.3, 0.4) is 0 Å². The largest absolute Gasteiger partial charge is 0.494 e. The lowest BCUT2D eigenvalue weighted by molar-refractivity contribution is -0.143. The Morgan fingerprint density at radius 2 is 2.00 bits per heavy atom. The smallest absolute Gasteiger partial charge is 0.331 e. The molecule has 28 heavy (non-hydrogen) atoms. The highest BCUT2D eigenvalue weighted by Crippen LogP contribution is 2.23. The van der Waals surface area contributed by atoms with Crippen LogP contribution in [-0.4, -0.2) is 37.7 Å². The summed E-state index contributed by atoms with van der Waals surface area (Å²) in [4.78, 5) is 35.3. The Hall–Kier alpha value is -2.90. The predicted molar refractivity (Wildman–Crippen MR) is 101 cm³/mol. The maximum atomic E-state index is 13.6. The molecule has 1 aromatic rings. The first kappa shape index (κ1) is 21.4. The van der Waals surface area contributed by atoms with Crippen LogP contribution in [0, 0.1) is 11.7 Å². The van der Waals surface area contributed by atoms with Gasteiger partial charge in [-0.15, -0.1) is 0 Å². The molecular weight excluding hydrogens is 367 g/mol. The number of hydrogen-bond acceptors (Lipinski definition) is 5. The van der Waals surface area contributed by atoms with Crippen molar-refractivity contribution in [1.82, 2.24) is 10.6 Å². The van der Waals surface area contributed by atoms with Gasteiger partial charge in [-0.2, -0.15) is 0 Å². The van der Waals surface area contributed by atoms with Gasteiger partial charge in [-0.25, -0.2) is 14.0 Å². The number of imide groups is 1. The lowest BCUT2D eigenvalue weighted by Gasteiger charge is -2.29. The van der Waals surface area contributed by atoms with Crippen molar-refractivity contribution in [3.63, 3.8) is 0 Å². The number of amides is 3. The molecule has 1 saturated carbocycles. The number of urea groups is 1. The zero-order chi connectivity index (χ0) is 20.5. The van der Waals surface area contributed by atoms with E-state index in [9.17, 15) is 18.8 Å². The Bertz CT molecular complexity index is 750. The van der Waals surface area contributed by atoms with E-state index in [4.69, 9.17) is 9.47 Å². The summed E-state index contributed by atoms with van der Waals surface area (Å²) in [5.74, 6) is -1.61. The van der Waals surface area contributed by atoms with Crippen molar-refractivity contribution in [2.75, 3.05) is 13.7 Å². The van der Waals surface area contributed by atoms with E-state index < -0.39 is 30.3 Å². The van der Waals surface area contributed by atoms with Crippen LogP contribution < -0.4 is 15.4 Å². The zero-order valence-electron chi connectivity index (χ0n) is 16.0. The molecular formula is C20H25FN2O5. The highest BCUT2D eigenvalue weighted by atomic mass is 19.1. The Morgan fingerprint density at radius 3 is 2.68 bits per heavy atom. The average molecular weight is 392 g/mol. The second kappa shape index (κ2) is 10.4. The number of ether oxygens (including phenoxy) is 2. The molecule has 0 unspecified atom stereocenters. The van der Waals surface area contributed by atoms with E-state index in [1.165, 1.54) is 25.3 Å². The second-order valence-corrected chi connectivity index (χ2v) is 6.72. The van der Waals surface area contributed by atoms with E-state index >= 15 is 0 Å². The molecule has 0 aliphatic heterocycles. The van der Waals surface area contributed by atoms with Gasteiger partial charge in [-0.1, -0.05) is 25.8 Å². The fraction of sp³-hybridized carbons (Fsp3) is 0.450. The number of hydrogen-bond donors (Lipinski definition) is 2. The van der Waals surface area contributed by atoms with Gasteiger partial charge in [0, 0.05) is 12.1 Å². The van der Waals surface area contributed by atoms with Crippen LogP contribution >= 0.6 is 0 Å². The number of esters is 1. The Balaban J connectivity index is 1.73. The van der Waals surface area contributed by atoms with Crippen molar-refractivity contribution in [3.8, 4) is 5.75 Å². The first-order valence-corrected chi connectivity index (χ1v) is 9.17. The number of halogens is 1. The van der Waals surface area contributed by atoms with Crippen LogP contribution in [0.2, 0.25) is 0 Å². The monoisotopic (exact) mass is 392 g/mol. The standard InChI is InChI=1S/C20H25FN2O5/c1-13-5-3-4-6-16(13)22-20(26)23-18(24)12-28-19(25)10-8-14-7-9-17(27-2)15(21)11-14/h7-11,13,16H,3-6,12H2,1-2H3,(H2,22,23,24,26)/b10-8+/t13-,16+/m1/s1. The van der Waals surface area contributed by atoms with Crippen LogP contribution in [0.15, 0.2) is 24.3 Å². The van der Waals surface area contributed by atoms with Crippen molar-refractivity contribution in [3.05, 3.63) is 35.7 Å². The van der Waals surface area contributed by atoms with Gasteiger partial charge in [0.1, 0.15) is 0 Å². The van der Waals surface area contributed by atoms with E-state index in [2.05, 4.69) is 17.6 Å². The quantitative estimate of drug-likeness (QED) is 0.574. The molecule has 1 aliphatic rings. The van der Waals surface area contributed by atoms with E-state index in [0.717, 1.165) is 31.8 Å². The van der Waals surface area contributed by atoms with Crippen molar-refractivity contribution in [2.24, 2.45) is 5.92 Å². The molecule has 2 N–H and O–H groups in total. The minimum absolute atomic E-state index is 0.0388. The van der Waals surface area contributed by atoms with Gasteiger partial charge in [0.25, 0.3) is 5.91 Å². The summed E-state index contributed by atoms with van der Waals surface area (Å²) in [6.07, 6.45) is 6.53. The van der Waals surface area contributed by atoms with Crippen molar-refractivity contribution in [1.29, 1.82) is 0 Å². The summed E-state index contributed by atoms with van der Waals surface area (Å²) in [6.45, 7) is 1.47. The third-order valence-corrected chi connectivity index (χ3v) is 4.61. The molecule has 0 spiro atoms. The highest BCUT2D eigenvalue weighted by Gasteiger charge is 2.23. The maximum Gasteiger partial charge on any atom is 0.331 e. The Kier molecular flexibility index (Phi) is 7.98. The van der Waals surface area contributed by atoms with Crippen LogP contribution in [0.5, 0.6) is 5.75 Å². The minimum Gasteiger partial charge on any atom is -0.494 e. The van der Waals surface area contributed by atoms with E-state index in [-0.39, 0.29) is 11.8 Å². The molecule has 0 aromatic heterocycles. The Morgan fingerprint density at radius 1 is 1.25 bits per heavy atom.